The van der Waals surface area contributed by atoms with Crippen LogP contribution in [-0.4, -0.2) is 70.7 Å². The molecule has 8 nitrogen and oxygen atoms in total. The van der Waals surface area contributed by atoms with E-state index in [1.165, 1.54) is 12.9 Å². The quantitative estimate of drug-likeness (QED) is 0.659. The van der Waals surface area contributed by atoms with Gasteiger partial charge in [-0.2, -0.15) is 0 Å². The van der Waals surface area contributed by atoms with Crippen LogP contribution in [0.25, 0.3) is 22.2 Å². The summed E-state index contributed by atoms with van der Waals surface area (Å²) in [6, 6.07) is 7.67. The van der Waals surface area contributed by atoms with Gasteiger partial charge in [0.15, 0.2) is 18.0 Å². The second-order valence-corrected chi connectivity index (χ2v) is 9.18. The van der Waals surface area contributed by atoms with Crippen LogP contribution < -0.4 is 5.32 Å². The van der Waals surface area contributed by atoms with E-state index in [2.05, 4.69) is 37.3 Å². The molecule has 0 unspecified atom stereocenters. The first kappa shape index (κ1) is 21.0. The zero-order valence-corrected chi connectivity index (χ0v) is 18.5. The number of hydrogen-bond donors (Lipinski definition) is 1. The van der Waals surface area contributed by atoms with Crippen molar-refractivity contribution >= 4 is 22.6 Å². The van der Waals surface area contributed by atoms with Gasteiger partial charge in [-0.1, -0.05) is 0 Å². The first-order valence-electron chi connectivity index (χ1n) is 11.5. The largest absolute Gasteiger partial charge is 0.444 e. The zero-order valence-electron chi connectivity index (χ0n) is 18.5. The Hall–Kier alpha value is -2.84. The number of amides is 1. The van der Waals surface area contributed by atoms with E-state index < -0.39 is 0 Å². The summed E-state index contributed by atoms with van der Waals surface area (Å²) in [6.07, 6.45) is 7.22. The number of nitrogens with one attached hydrogen (secondary N) is 1. The van der Waals surface area contributed by atoms with Gasteiger partial charge >= 0.3 is 0 Å². The van der Waals surface area contributed by atoms with Crippen LogP contribution in [0.1, 0.15) is 25.7 Å². The van der Waals surface area contributed by atoms with Gasteiger partial charge in [-0.15, -0.1) is 10.2 Å². The first-order valence-corrected chi connectivity index (χ1v) is 11.5. The molecule has 5 rings (SSSR count). The lowest BCUT2D eigenvalue weighted by Crippen LogP contribution is -2.46. The molecule has 1 amide bonds. The molecule has 2 aliphatic rings. The van der Waals surface area contributed by atoms with Crippen LogP contribution >= 0.6 is 0 Å². The number of benzene rings is 1. The maximum absolute atomic E-state index is 12.9. The summed E-state index contributed by atoms with van der Waals surface area (Å²) >= 11 is 0. The van der Waals surface area contributed by atoms with Crippen molar-refractivity contribution in [2.24, 2.45) is 11.8 Å². The number of carbonyl (C=O) groups is 1. The second-order valence-electron chi connectivity index (χ2n) is 9.18. The predicted molar refractivity (Wildman–Crippen MR) is 123 cm³/mol. The molecule has 32 heavy (non-hydrogen) atoms. The van der Waals surface area contributed by atoms with Crippen LogP contribution in [0.15, 0.2) is 41.3 Å². The molecule has 2 aromatic heterocycles. The summed E-state index contributed by atoms with van der Waals surface area (Å²) < 4.78 is 5.38. The Morgan fingerprint density at radius 3 is 2.66 bits per heavy atom. The Kier molecular flexibility index (Phi) is 6.14. The Balaban J connectivity index is 1.17. The molecule has 1 saturated heterocycles. The fraction of sp³-hybridized carbons (Fsp3) is 0.500. The molecule has 2 fully saturated rings. The molecule has 1 aliphatic carbocycles. The summed E-state index contributed by atoms with van der Waals surface area (Å²) in [5, 5.41) is 12.4. The van der Waals surface area contributed by atoms with Crippen molar-refractivity contribution in [3.05, 3.63) is 36.9 Å². The lowest BCUT2D eigenvalue weighted by molar-refractivity contribution is -0.121. The summed E-state index contributed by atoms with van der Waals surface area (Å²) in [5.74, 6) is 2.01. The predicted octanol–water partition coefficient (Wildman–Crippen LogP) is 3.28. The summed E-state index contributed by atoms with van der Waals surface area (Å²) in [7, 11) is 2.19. The number of hydrogen-bond acceptors (Lipinski definition) is 7. The van der Waals surface area contributed by atoms with Crippen molar-refractivity contribution in [3.8, 4) is 11.3 Å². The number of nitrogens with zero attached hydrogens (tertiary/aromatic N) is 5. The Morgan fingerprint density at radius 2 is 1.91 bits per heavy atom. The lowest BCUT2D eigenvalue weighted by Gasteiger charge is -2.36. The highest BCUT2D eigenvalue weighted by Crippen LogP contribution is 2.31. The third-order valence-electron chi connectivity index (χ3n) is 6.88. The molecule has 0 radical (unpaired) electrons. The standard InChI is InChI=1S/C24H30N6O2/c1-29-8-10-30(11-9-29)15-17-2-4-18(5-3-17)24(31)26-23-13-20-12-19(22-14-25-16-32-22)6-7-21(20)27-28-23/h6-7,12-14,16-18H,2-5,8-11,15H2,1H3,(H,26,28,31). The van der Waals surface area contributed by atoms with Crippen molar-refractivity contribution < 1.29 is 9.21 Å². The zero-order chi connectivity index (χ0) is 21.9. The lowest BCUT2D eigenvalue weighted by atomic mass is 9.81. The number of likely N-dealkylation sites (N-methyl/N-ethyl adjacent to an activating group) is 1. The van der Waals surface area contributed by atoms with Crippen molar-refractivity contribution in [2.45, 2.75) is 25.7 Å². The smallest absolute Gasteiger partial charge is 0.228 e. The number of oxazole rings is 1. The van der Waals surface area contributed by atoms with Gasteiger partial charge in [0.1, 0.15) is 0 Å². The molecule has 1 aromatic carbocycles. The molecule has 0 spiro atoms. The molecule has 1 aliphatic heterocycles. The van der Waals surface area contributed by atoms with Gasteiger partial charge in [0.05, 0.1) is 11.7 Å². The number of aromatic nitrogens is 3. The number of carbonyl (C=O) groups excluding carboxylic acids is 1. The first-order chi connectivity index (χ1) is 15.6. The molecule has 0 atom stereocenters. The van der Waals surface area contributed by atoms with Crippen LogP contribution in [0, 0.1) is 11.8 Å². The third kappa shape index (κ3) is 4.81. The van der Waals surface area contributed by atoms with E-state index in [-0.39, 0.29) is 11.8 Å². The number of piperazine rings is 1. The molecule has 168 valence electrons. The molecular weight excluding hydrogens is 404 g/mol. The topological polar surface area (TPSA) is 87.4 Å². The summed E-state index contributed by atoms with van der Waals surface area (Å²) in [5.41, 5.74) is 1.69. The highest BCUT2D eigenvalue weighted by molar-refractivity contribution is 5.94. The molecule has 3 aromatic rings. The van der Waals surface area contributed by atoms with Gasteiger partial charge in [-0.3, -0.25) is 4.79 Å². The maximum Gasteiger partial charge on any atom is 0.228 e. The highest BCUT2D eigenvalue weighted by atomic mass is 16.3. The van der Waals surface area contributed by atoms with Crippen molar-refractivity contribution in [2.75, 3.05) is 45.1 Å². The van der Waals surface area contributed by atoms with E-state index in [9.17, 15) is 4.79 Å². The van der Waals surface area contributed by atoms with Crippen LogP contribution in [0.4, 0.5) is 5.82 Å². The Morgan fingerprint density at radius 1 is 1.09 bits per heavy atom. The van der Waals surface area contributed by atoms with Gasteiger partial charge in [0.2, 0.25) is 5.91 Å². The number of rotatable bonds is 5. The van der Waals surface area contributed by atoms with Crippen molar-refractivity contribution in [3.63, 3.8) is 0 Å². The van der Waals surface area contributed by atoms with E-state index in [1.54, 1.807) is 6.20 Å². The highest BCUT2D eigenvalue weighted by Gasteiger charge is 2.28. The van der Waals surface area contributed by atoms with E-state index in [4.69, 9.17) is 4.42 Å². The van der Waals surface area contributed by atoms with Crippen molar-refractivity contribution in [1.29, 1.82) is 0 Å². The van der Waals surface area contributed by atoms with Crippen molar-refractivity contribution in [1.82, 2.24) is 25.0 Å². The van der Waals surface area contributed by atoms with E-state index in [0.29, 0.717) is 17.5 Å². The minimum absolute atomic E-state index is 0.0526. The van der Waals surface area contributed by atoms with E-state index >= 15 is 0 Å². The fourth-order valence-electron chi connectivity index (χ4n) is 4.85. The van der Waals surface area contributed by atoms with Gasteiger partial charge in [0.25, 0.3) is 0 Å². The fourth-order valence-corrected chi connectivity index (χ4v) is 4.85. The molecule has 1 saturated carbocycles. The van der Waals surface area contributed by atoms with Crippen LogP contribution in [0.3, 0.4) is 0 Å². The number of anilines is 1. The van der Waals surface area contributed by atoms with Gasteiger partial charge in [-0.05, 0) is 62.9 Å². The monoisotopic (exact) mass is 434 g/mol. The van der Waals surface area contributed by atoms with Crippen LogP contribution in [0.5, 0.6) is 0 Å². The van der Waals surface area contributed by atoms with Gasteiger partial charge in [0, 0.05) is 49.6 Å². The van der Waals surface area contributed by atoms with Gasteiger partial charge in [-0.25, -0.2) is 4.98 Å². The molecule has 8 heteroatoms. The maximum atomic E-state index is 12.9. The van der Waals surface area contributed by atoms with E-state index in [0.717, 1.165) is 68.3 Å². The molecular formula is C24H30N6O2. The summed E-state index contributed by atoms with van der Waals surface area (Å²) in [6.45, 7) is 5.81. The SMILES string of the molecule is CN1CCN(CC2CCC(C(=O)Nc3cc4cc(-c5cnco5)ccc4nn3)CC2)CC1. The third-order valence-corrected chi connectivity index (χ3v) is 6.88. The van der Waals surface area contributed by atoms with Crippen LogP contribution in [0.2, 0.25) is 0 Å². The molecule has 3 heterocycles. The average Bonchev–Trinajstić information content (AvgIpc) is 3.36. The molecule has 0 bridgehead atoms. The van der Waals surface area contributed by atoms with E-state index in [1.807, 2.05) is 24.3 Å². The summed E-state index contributed by atoms with van der Waals surface area (Å²) in [4.78, 5) is 21.8. The minimum Gasteiger partial charge on any atom is -0.444 e. The average molecular weight is 435 g/mol. The molecule has 1 N–H and O–H groups in total. The van der Waals surface area contributed by atoms with Crippen LogP contribution in [-0.2, 0) is 4.79 Å². The normalized spacial score (nSPS) is 22.8. The van der Waals surface area contributed by atoms with Gasteiger partial charge < -0.3 is 19.5 Å². The number of fused-ring (bicyclic) bond motifs is 1. The second kappa shape index (κ2) is 9.34. The Labute approximate surface area is 188 Å². The Bertz CT molecular complexity index is 1050. The minimum atomic E-state index is 0.0526.